The van der Waals surface area contributed by atoms with Gasteiger partial charge in [0, 0.05) is 24.5 Å². The Balaban J connectivity index is 2.16. The number of aromatic nitrogens is 4. The monoisotopic (exact) mass is 326 g/mol. The molecule has 0 N–H and O–H groups in total. The first-order valence-corrected chi connectivity index (χ1v) is 6.84. The average molecular weight is 327 g/mol. The van der Waals surface area contributed by atoms with E-state index < -0.39 is 11.9 Å². The summed E-state index contributed by atoms with van der Waals surface area (Å²) >= 11 is 6.09. The third-order valence-corrected chi connectivity index (χ3v) is 3.52. The van der Waals surface area contributed by atoms with Gasteiger partial charge in [0.05, 0.1) is 5.02 Å². The largest absolute Gasteiger partial charge is 0.433 e. The topological polar surface area (TPSA) is 43.6 Å². The Kier molecular flexibility index (Phi) is 3.52. The summed E-state index contributed by atoms with van der Waals surface area (Å²) in [5.74, 6) is 0.485. The molecule has 0 aliphatic rings. The van der Waals surface area contributed by atoms with Crippen molar-refractivity contribution in [2.75, 3.05) is 0 Å². The molecule has 0 aromatic carbocycles. The van der Waals surface area contributed by atoms with Crippen molar-refractivity contribution < 1.29 is 13.2 Å². The number of hydrogen-bond acceptors (Lipinski definition) is 3. The van der Waals surface area contributed by atoms with Gasteiger partial charge in [-0.1, -0.05) is 11.6 Å². The molecule has 8 heteroatoms. The molecule has 0 unspecified atom stereocenters. The van der Waals surface area contributed by atoms with Gasteiger partial charge >= 0.3 is 6.18 Å². The van der Waals surface area contributed by atoms with Crippen molar-refractivity contribution in [3.63, 3.8) is 0 Å². The number of nitrogens with zero attached hydrogens (tertiary/aromatic N) is 4. The van der Waals surface area contributed by atoms with E-state index >= 15 is 0 Å². The van der Waals surface area contributed by atoms with Crippen LogP contribution < -0.4 is 0 Å². The molecule has 0 saturated heterocycles. The first kappa shape index (κ1) is 14.8. The Morgan fingerprint density at radius 1 is 1.18 bits per heavy atom. The fourth-order valence-electron chi connectivity index (χ4n) is 2.20. The van der Waals surface area contributed by atoms with Crippen LogP contribution in [0.25, 0.3) is 22.6 Å². The molecule has 0 radical (unpaired) electrons. The normalized spacial score (nSPS) is 12.0. The van der Waals surface area contributed by atoms with Gasteiger partial charge in [-0.25, -0.2) is 9.97 Å². The summed E-state index contributed by atoms with van der Waals surface area (Å²) in [6.07, 6.45) is -1.74. The molecule has 3 rings (SSSR count). The molecule has 0 spiro atoms. The number of aryl methyl sites for hydroxylation is 1. The zero-order valence-corrected chi connectivity index (χ0v) is 12.2. The molecular formula is C14H10ClF3N4. The summed E-state index contributed by atoms with van der Waals surface area (Å²) in [5, 5.41) is 0.443. The first-order chi connectivity index (χ1) is 10.4. The van der Waals surface area contributed by atoms with Crippen LogP contribution in [-0.2, 0) is 12.7 Å². The fourth-order valence-corrected chi connectivity index (χ4v) is 2.38. The number of alkyl halides is 3. The van der Waals surface area contributed by atoms with E-state index in [1.807, 2.05) is 6.92 Å². The molecule has 0 amide bonds. The van der Waals surface area contributed by atoms with Crippen molar-refractivity contribution >= 4 is 22.8 Å². The van der Waals surface area contributed by atoms with Crippen LogP contribution in [0, 0.1) is 0 Å². The summed E-state index contributed by atoms with van der Waals surface area (Å²) < 4.78 is 39.5. The number of fused-ring (bicyclic) bond motifs is 1. The number of hydrogen-bond donors (Lipinski definition) is 0. The van der Waals surface area contributed by atoms with Crippen LogP contribution in [0.3, 0.4) is 0 Å². The molecule has 114 valence electrons. The van der Waals surface area contributed by atoms with E-state index in [0.29, 0.717) is 34.1 Å². The third-order valence-electron chi connectivity index (χ3n) is 3.21. The Morgan fingerprint density at radius 3 is 2.55 bits per heavy atom. The summed E-state index contributed by atoms with van der Waals surface area (Å²) in [7, 11) is 0. The summed E-state index contributed by atoms with van der Waals surface area (Å²) in [6, 6.07) is 3.90. The van der Waals surface area contributed by atoms with Gasteiger partial charge < -0.3 is 4.57 Å². The molecule has 0 aliphatic heterocycles. The third kappa shape index (κ3) is 2.41. The van der Waals surface area contributed by atoms with E-state index in [4.69, 9.17) is 11.6 Å². The van der Waals surface area contributed by atoms with Crippen LogP contribution in [0.1, 0.15) is 12.6 Å². The SMILES string of the molecule is CCn1c(-c2ccc(C(F)(F)F)nc2)nc2c(Cl)ccnc21. The number of rotatable bonds is 2. The minimum absolute atomic E-state index is 0.443. The predicted octanol–water partition coefficient (Wildman–Crippen LogP) is 4.19. The fraction of sp³-hybridized carbons (Fsp3) is 0.214. The summed E-state index contributed by atoms with van der Waals surface area (Å²) in [4.78, 5) is 12.1. The van der Waals surface area contributed by atoms with Crippen LogP contribution >= 0.6 is 11.6 Å². The lowest BCUT2D eigenvalue weighted by atomic mass is 10.2. The van der Waals surface area contributed by atoms with Crippen molar-refractivity contribution in [1.29, 1.82) is 0 Å². The molecule has 4 nitrogen and oxygen atoms in total. The second-order valence-electron chi connectivity index (χ2n) is 4.57. The highest BCUT2D eigenvalue weighted by atomic mass is 35.5. The molecule has 3 heterocycles. The Morgan fingerprint density at radius 2 is 1.95 bits per heavy atom. The van der Waals surface area contributed by atoms with Gasteiger partial charge in [0.25, 0.3) is 0 Å². The van der Waals surface area contributed by atoms with Crippen LogP contribution in [0.5, 0.6) is 0 Å². The maximum atomic E-state index is 12.6. The summed E-state index contributed by atoms with van der Waals surface area (Å²) in [5.41, 5.74) is 0.640. The van der Waals surface area contributed by atoms with Gasteiger partial charge in [0.1, 0.15) is 17.0 Å². The Labute approximate surface area is 128 Å². The van der Waals surface area contributed by atoms with Gasteiger partial charge in [-0.05, 0) is 25.1 Å². The Hall–Kier alpha value is -2.15. The molecule has 0 fully saturated rings. The maximum Gasteiger partial charge on any atom is 0.433 e. The highest BCUT2D eigenvalue weighted by Gasteiger charge is 2.32. The smallest absolute Gasteiger partial charge is 0.309 e. The second kappa shape index (κ2) is 5.24. The van der Waals surface area contributed by atoms with Crippen molar-refractivity contribution in [1.82, 2.24) is 19.5 Å². The number of halogens is 4. The van der Waals surface area contributed by atoms with Crippen LogP contribution in [0.15, 0.2) is 30.6 Å². The molecule has 0 atom stereocenters. The van der Waals surface area contributed by atoms with Gasteiger partial charge in [-0.3, -0.25) is 4.98 Å². The van der Waals surface area contributed by atoms with Crippen molar-refractivity contribution in [3.8, 4) is 11.4 Å². The van der Waals surface area contributed by atoms with Crippen LogP contribution in [0.4, 0.5) is 13.2 Å². The molecule has 3 aromatic rings. The minimum atomic E-state index is -4.46. The molecule has 0 aliphatic carbocycles. The van der Waals surface area contributed by atoms with Gasteiger partial charge in [-0.15, -0.1) is 0 Å². The number of imidazole rings is 1. The van der Waals surface area contributed by atoms with Crippen molar-refractivity contribution in [3.05, 3.63) is 41.3 Å². The van der Waals surface area contributed by atoms with Crippen molar-refractivity contribution in [2.45, 2.75) is 19.6 Å². The molecule has 0 bridgehead atoms. The molecule has 3 aromatic heterocycles. The van der Waals surface area contributed by atoms with E-state index in [2.05, 4.69) is 15.0 Å². The lowest BCUT2D eigenvalue weighted by Crippen LogP contribution is -2.07. The standard InChI is InChI=1S/C14H10ClF3N4/c1-2-22-12(21-11-9(15)5-6-19-13(11)22)8-3-4-10(20-7-8)14(16,17)18/h3-7H,2H2,1H3. The highest BCUT2D eigenvalue weighted by molar-refractivity contribution is 6.34. The van der Waals surface area contributed by atoms with Gasteiger partial charge in [-0.2, -0.15) is 13.2 Å². The van der Waals surface area contributed by atoms with E-state index in [1.54, 1.807) is 16.8 Å². The lowest BCUT2D eigenvalue weighted by Gasteiger charge is -2.07. The van der Waals surface area contributed by atoms with E-state index in [9.17, 15) is 13.2 Å². The van der Waals surface area contributed by atoms with Gasteiger partial charge in [0.15, 0.2) is 5.65 Å². The van der Waals surface area contributed by atoms with Crippen LogP contribution in [-0.4, -0.2) is 19.5 Å². The first-order valence-electron chi connectivity index (χ1n) is 6.46. The number of pyridine rings is 2. The lowest BCUT2D eigenvalue weighted by molar-refractivity contribution is -0.141. The zero-order valence-electron chi connectivity index (χ0n) is 11.4. The molecule has 0 saturated carbocycles. The average Bonchev–Trinajstić information content (AvgIpc) is 2.86. The highest BCUT2D eigenvalue weighted by Crippen LogP contribution is 2.30. The van der Waals surface area contributed by atoms with E-state index in [0.717, 1.165) is 12.3 Å². The summed E-state index contributed by atoms with van der Waals surface area (Å²) in [6.45, 7) is 2.45. The Bertz CT molecular complexity index is 824. The maximum absolute atomic E-state index is 12.6. The minimum Gasteiger partial charge on any atom is -0.309 e. The molecular weight excluding hydrogens is 317 g/mol. The van der Waals surface area contributed by atoms with Crippen molar-refractivity contribution in [2.24, 2.45) is 0 Å². The predicted molar refractivity (Wildman–Crippen MR) is 76.4 cm³/mol. The zero-order chi connectivity index (χ0) is 15.9. The van der Waals surface area contributed by atoms with E-state index in [-0.39, 0.29) is 0 Å². The molecule has 22 heavy (non-hydrogen) atoms. The van der Waals surface area contributed by atoms with Gasteiger partial charge in [0.2, 0.25) is 0 Å². The second-order valence-corrected chi connectivity index (χ2v) is 4.98. The van der Waals surface area contributed by atoms with E-state index in [1.165, 1.54) is 6.07 Å². The quantitative estimate of drug-likeness (QED) is 0.709. The van der Waals surface area contributed by atoms with Crippen LogP contribution in [0.2, 0.25) is 5.02 Å².